The Kier molecular flexibility index (Phi) is 4.13. The summed E-state index contributed by atoms with van der Waals surface area (Å²) in [4.78, 5) is 14.7. The molecule has 1 heterocycles. The molecule has 0 saturated heterocycles. The van der Waals surface area contributed by atoms with Crippen molar-refractivity contribution >= 4 is 23.6 Å². The van der Waals surface area contributed by atoms with Crippen molar-refractivity contribution in [2.24, 2.45) is 0 Å². The number of nitrogens with zero attached hydrogens (tertiary/aromatic N) is 1. The van der Waals surface area contributed by atoms with Crippen molar-refractivity contribution in [1.29, 1.82) is 0 Å². The van der Waals surface area contributed by atoms with Crippen LogP contribution in [0.4, 0.5) is 0 Å². The first-order valence-electron chi connectivity index (χ1n) is 4.08. The molecular weight excluding hydrogens is 202 g/mol. The van der Waals surface area contributed by atoms with Crippen LogP contribution < -0.4 is 0 Å². The van der Waals surface area contributed by atoms with Crippen LogP contribution in [0.5, 0.6) is 0 Å². The number of methoxy groups -OCH3 is 1. The number of esters is 1. The van der Waals surface area contributed by atoms with Crippen molar-refractivity contribution in [3.05, 3.63) is 35.1 Å². The number of ether oxygens (including phenoxy) is 1. The zero-order valence-electron chi connectivity index (χ0n) is 7.74. The molecule has 0 aliphatic carbocycles. The molecule has 0 amide bonds. The minimum absolute atomic E-state index is 0.238. The standard InChI is InChI=1S/C10H10ClNO2/c1-14-9(13)6-2-4-8-5-3-7-12-10(8)11/h2-5,7H,6H2,1H3. The van der Waals surface area contributed by atoms with Gasteiger partial charge in [0.25, 0.3) is 0 Å². The molecule has 0 radical (unpaired) electrons. The average molecular weight is 212 g/mol. The number of hydrogen-bond acceptors (Lipinski definition) is 3. The lowest BCUT2D eigenvalue weighted by Gasteiger charge is -1.95. The Morgan fingerprint density at radius 2 is 2.50 bits per heavy atom. The highest BCUT2D eigenvalue weighted by Crippen LogP contribution is 2.13. The molecule has 0 atom stereocenters. The van der Waals surface area contributed by atoms with Crippen LogP contribution in [0.3, 0.4) is 0 Å². The summed E-state index contributed by atoms with van der Waals surface area (Å²) in [7, 11) is 1.35. The maximum Gasteiger partial charge on any atom is 0.309 e. The van der Waals surface area contributed by atoms with Crippen LogP contribution in [0.25, 0.3) is 6.08 Å². The zero-order chi connectivity index (χ0) is 10.4. The minimum atomic E-state index is -0.277. The second-order valence-corrected chi connectivity index (χ2v) is 2.92. The van der Waals surface area contributed by atoms with Gasteiger partial charge in [0.2, 0.25) is 0 Å². The molecule has 0 aromatic carbocycles. The summed E-state index contributed by atoms with van der Waals surface area (Å²) in [6.07, 6.45) is 5.28. The van der Waals surface area contributed by atoms with E-state index >= 15 is 0 Å². The van der Waals surface area contributed by atoms with E-state index in [1.54, 1.807) is 24.4 Å². The zero-order valence-corrected chi connectivity index (χ0v) is 8.49. The first kappa shape index (κ1) is 10.7. The third kappa shape index (κ3) is 3.18. The van der Waals surface area contributed by atoms with E-state index in [1.807, 2.05) is 6.07 Å². The van der Waals surface area contributed by atoms with Crippen molar-refractivity contribution in [3.63, 3.8) is 0 Å². The fraction of sp³-hybridized carbons (Fsp3) is 0.200. The minimum Gasteiger partial charge on any atom is -0.469 e. The van der Waals surface area contributed by atoms with E-state index in [-0.39, 0.29) is 12.4 Å². The predicted octanol–water partition coefficient (Wildman–Crippen LogP) is 2.31. The molecule has 0 spiro atoms. The van der Waals surface area contributed by atoms with Crippen LogP contribution in [0.15, 0.2) is 24.4 Å². The van der Waals surface area contributed by atoms with Gasteiger partial charge in [0.15, 0.2) is 0 Å². The van der Waals surface area contributed by atoms with Crippen molar-refractivity contribution < 1.29 is 9.53 Å². The quantitative estimate of drug-likeness (QED) is 0.569. The summed E-state index contributed by atoms with van der Waals surface area (Å²) in [5, 5.41) is 0.425. The smallest absolute Gasteiger partial charge is 0.309 e. The summed E-state index contributed by atoms with van der Waals surface area (Å²) in [6, 6.07) is 3.60. The van der Waals surface area contributed by atoms with E-state index < -0.39 is 0 Å². The number of pyridine rings is 1. The molecule has 1 rings (SSSR count). The van der Waals surface area contributed by atoms with Gasteiger partial charge in [0.1, 0.15) is 5.15 Å². The molecule has 4 heteroatoms. The van der Waals surface area contributed by atoms with Gasteiger partial charge in [-0.05, 0) is 6.07 Å². The molecule has 0 aliphatic rings. The predicted molar refractivity (Wildman–Crippen MR) is 54.9 cm³/mol. The normalized spacial score (nSPS) is 10.4. The number of halogens is 1. The Hall–Kier alpha value is -1.35. The Bertz CT molecular complexity index is 350. The van der Waals surface area contributed by atoms with E-state index in [4.69, 9.17) is 11.6 Å². The number of aromatic nitrogens is 1. The van der Waals surface area contributed by atoms with E-state index in [1.165, 1.54) is 7.11 Å². The third-order valence-electron chi connectivity index (χ3n) is 1.60. The number of rotatable bonds is 3. The van der Waals surface area contributed by atoms with Gasteiger partial charge in [0.05, 0.1) is 13.5 Å². The third-order valence-corrected chi connectivity index (χ3v) is 1.91. The van der Waals surface area contributed by atoms with Crippen molar-refractivity contribution in [2.75, 3.05) is 7.11 Å². The van der Waals surface area contributed by atoms with Crippen LogP contribution in [0.2, 0.25) is 5.15 Å². The average Bonchev–Trinajstić information content (AvgIpc) is 2.20. The van der Waals surface area contributed by atoms with Crippen molar-refractivity contribution in [2.45, 2.75) is 6.42 Å². The Balaban J connectivity index is 2.60. The fourth-order valence-electron chi connectivity index (χ4n) is 0.888. The maximum atomic E-state index is 10.8. The van der Waals surface area contributed by atoms with Gasteiger partial charge in [-0.3, -0.25) is 4.79 Å². The lowest BCUT2D eigenvalue weighted by atomic mass is 10.2. The van der Waals surface area contributed by atoms with E-state index in [9.17, 15) is 4.79 Å². The van der Waals surface area contributed by atoms with Gasteiger partial charge >= 0.3 is 5.97 Å². The van der Waals surface area contributed by atoms with E-state index in [0.717, 1.165) is 5.56 Å². The summed E-state index contributed by atoms with van der Waals surface area (Å²) in [6.45, 7) is 0. The number of carbonyl (C=O) groups excluding carboxylic acids is 1. The molecule has 1 aromatic heterocycles. The molecule has 0 N–H and O–H groups in total. The highest BCUT2D eigenvalue weighted by Gasteiger charge is 1.97. The van der Waals surface area contributed by atoms with Crippen LogP contribution in [-0.4, -0.2) is 18.1 Å². The lowest BCUT2D eigenvalue weighted by molar-refractivity contribution is -0.139. The summed E-state index contributed by atoms with van der Waals surface area (Å²) >= 11 is 5.79. The van der Waals surface area contributed by atoms with Gasteiger partial charge in [-0.1, -0.05) is 29.8 Å². The first-order chi connectivity index (χ1) is 6.74. The molecule has 0 unspecified atom stereocenters. The Morgan fingerprint density at radius 3 is 3.14 bits per heavy atom. The number of hydrogen-bond donors (Lipinski definition) is 0. The van der Waals surface area contributed by atoms with E-state index in [2.05, 4.69) is 9.72 Å². The monoisotopic (exact) mass is 211 g/mol. The maximum absolute atomic E-state index is 10.8. The van der Waals surface area contributed by atoms with Crippen molar-refractivity contribution in [3.8, 4) is 0 Å². The molecule has 0 bridgehead atoms. The molecule has 0 aliphatic heterocycles. The molecule has 0 fully saturated rings. The first-order valence-corrected chi connectivity index (χ1v) is 4.45. The van der Waals surface area contributed by atoms with Crippen LogP contribution >= 0.6 is 11.6 Å². The molecule has 1 aromatic rings. The summed E-state index contributed by atoms with van der Waals surface area (Å²) < 4.78 is 4.48. The highest BCUT2D eigenvalue weighted by molar-refractivity contribution is 6.30. The van der Waals surface area contributed by atoms with Crippen LogP contribution in [0, 0.1) is 0 Å². The topological polar surface area (TPSA) is 39.2 Å². The Morgan fingerprint density at radius 1 is 1.71 bits per heavy atom. The second kappa shape index (κ2) is 5.40. The van der Waals surface area contributed by atoms with Crippen LogP contribution in [-0.2, 0) is 9.53 Å². The Labute approximate surface area is 87.4 Å². The molecule has 0 saturated carbocycles. The highest BCUT2D eigenvalue weighted by atomic mass is 35.5. The van der Waals surface area contributed by atoms with Crippen molar-refractivity contribution in [1.82, 2.24) is 4.98 Å². The summed E-state index contributed by atoms with van der Waals surface area (Å²) in [5.74, 6) is -0.277. The van der Waals surface area contributed by atoms with Gasteiger partial charge in [-0.15, -0.1) is 0 Å². The van der Waals surface area contributed by atoms with Gasteiger partial charge in [0, 0.05) is 11.8 Å². The van der Waals surface area contributed by atoms with Crippen LogP contribution in [0.1, 0.15) is 12.0 Å². The van der Waals surface area contributed by atoms with Gasteiger partial charge in [-0.2, -0.15) is 0 Å². The molecule has 14 heavy (non-hydrogen) atoms. The fourth-order valence-corrected chi connectivity index (χ4v) is 1.07. The van der Waals surface area contributed by atoms with E-state index in [0.29, 0.717) is 5.15 Å². The lowest BCUT2D eigenvalue weighted by Crippen LogP contribution is -1.96. The second-order valence-electron chi connectivity index (χ2n) is 2.57. The SMILES string of the molecule is COC(=O)CC=Cc1cccnc1Cl. The summed E-state index contributed by atoms with van der Waals surface area (Å²) in [5.41, 5.74) is 0.790. The van der Waals surface area contributed by atoms with Gasteiger partial charge in [-0.25, -0.2) is 4.98 Å². The molecule has 3 nitrogen and oxygen atoms in total. The molecule has 74 valence electrons. The molecular formula is C10H10ClNO2. The van der Waals surface area contributed by atoms with Gasteiger partial charge < -0.3 is 4.74 Å². The largest absolute Gasteiger partial charge is 0.469 e. The number of carbonyl (C=O) groups is 1.